The molecule has 1 N–H and O–H groups in total. The van der Waals surface area contributed by atoms with E-state index in [9.17, 15) is 14.9 Å². The lowest BCUT2D eigenvalue weighted by Crippen LogP contribution is -2.44. The average Bonchev–Trinajstić information content (AvgIpc) is 2.81. The van der Waals surface area contributed by atoms with Crippen LogP contribution in [0, 0.1) is 11.3 Å². The van der Waals surface area contributed by atoms with E-state index in [4.69, 9.17) is 0 Å². The summed E-state index contributed by atoms with van der Waals surface area (Å²) in [5.41, 5.74) is 2.79. The van der Waals surface area contributed by atoms with E-state index in [1.807, 2.05) is 31.8 Å². The molecule has 0 atom stereocenters. The fourth-order valence-electron chi connectivity index (χ4n) is 2.08. The molecule has 0 bridgehead atoms. The molecule has 2 amide bonds. The highest BCUT2D eigenvalue weighted by atomic mass is 32.2. The molecule has 116 valence electrons. The van der Waals surface area contributed by atoms with Crippen molar-refractivity contribution in [2.45, 2.75) is 33.6 Å². The van der Waals surface area contributed by atoms with Gasteiger partial charge in [0.2, 0.25) is 5.91 Å². The third-order valence-corrected chi connectivity index (χ3v) is 4.08. The number of amides is 2. The van der Waals surface area contributed by atoms with Crippen molar-refractivity contribution in [3.8, 4) is 6.07 Å². The smallest absolute Gasteiger partial charge is 0.278 e. The van der Waals surface area contributed by atoms with E-state index in [2.05, 4.69) is 5.43 Å². The van der Waals surface area contributed by atoms with Gasteiger partial charge in [0.1, 0.15) is 16.7 Å². The molecule has 1 fully saturated rings. The Morgan fingerprint density at radius 1 is 1.38 bits per heavy atom. The second-order valence-corrected chi connectivity index (χ2v) is 5.61. The summed E-state index contributed by atoms with van der Waals surface area (Å²) in [4.78, 5) is 25.5. The van der Waals surface area contributed by atoms with Crippen LogP contribution in [0.2, 0.25) is 0 Å². The number of nitrogens with one attached hydrogen (secondary N) is 1. The van der Waals surface area contributed by atoms with Crippen molar-refractivity contribution in [2.75, 3.05) is 25.4 Å². The van der Waals surface area contributed by atoms with Crippen LogP contribution in [0.25, 0.3) is 0 Å². The van der Waals surface area contributed by atoms with Crippen molar-refractivity contribution in [1.29, 1.82) is 5.26 Å². The van der Waals surface area contributed by atoms with Gasteiger partial charge in [-0.15, -0.1) is 0 Å². The number of nitrogens with zero attached hydrogens (tertiary/aromatic N) is 3. The average molecular weight is 310 g/mol. The van der Waals surface area contributed by atoms with E-state index < -0.39 is 5.91 Å². The lowest BCUT2D eigenvalue weighted by Gasteiger charge is -2.22. The number of thioether (sulfide) groups is 1. The Hall–Kier alpha value is -1.52. The standard InChI is InChI=1S/C14H22N4O2S/c1-4-7-17(8-5-2)16-13(20)11(9-15)14-18(6-3)12(19)10-21-14/h4-8,10H2,1-3H3,(H,16,20)/b14-11-. The minimum absolute atomic E-state index is 0.0184. The molecule has 1 heterocycles. The first-order valence-corrected chi connectivity index (χ1v) is 8.20. The van der Waals surface area contributed by atoms with Crippen molar-refractivity contribution in [3.63, 3.8) is 0 Å². The van der Waals surface area contributed by atoms with Gasteiger partial charge in [-0.3, -0.25) is 15.0 Å². The molecular formula is C14H22N4O2S. The van der Waals surface area contributed by atoms with Crippen LogP contribution in [-0.4, -0.2) is 47.1 Å². The Balaban J connectivity index is 2.91. The molecule has 1 rings (SSSR count). The minimum atomic E-state index is -0.435. The zero-order valence-electron chi connectivity index (χ0n) is 12.8. The van der Waals surface area contributed by atoms with Gasteiger partial charge in [0, 0.05) is 19.6 Å². The van der Waals surface area contributed by atoms with E-state index >= 15 is 0 Å². The first-order chi connectivity index (χ1) is 10.1. The third-order valence-electron chi connectivity index (χ3n) is 2.99. The Kier molecular flexibility index (Phi) is 7.26. The lowest BCUT2D eigenvalue weighted by molar-refractivity contribution is -0.125. The number of nitriles is 1. The van der Waals surface area contributed by atoms with E-state index in [0.717, 1.165) is 25.9 Å². The van der Waals surface area contributed by atoms with E-state index in [0.29, 0.717) is 11.6 Å². The summed E-state index contributed by atoms with van der Waals surface area (Å²) in [6, 6.07) is 1.94. The molecule has 0 radical (unpaired) electrons. The fourth-order valence-corrected chi connectivity index (χ4v) is 3.17. The van der Waals surface area contributed by atoms with Gasteiger partial charge in [0.05, 0.1) is 5.75 Å². The molecule has 6 nitrogen and oxygen atoms in total. The number of hydrazine groups is 1. The van der Waals surface area contributed by atoms with E-state index in [1.54, 1.807) is 0 Å². The van der Waals surface area contributed by atoms with Crippen LogP contribution in [0.3, 0.4) is 0 Å². The normalized spacial score (nSPS) is 17.1. The molecule has 0 unspecified atom stereocenters. The van der Waals surface area contributed by atoms with Crippen LogP contribution in [0.4, 0.5) is 0 Å². The maximum absolute atomic E-state index is 12.3. The molecule has 0 aromatic carbocycles. The summed E-state index contributed by atoms with van der Waals surface area (Å²) in [6.07, 6.45) is 1.82. The molecule has 1 aliphatic rings. The summed E-state index contributed by atoms with van der Waals surface area (Å²) in [6.45, 7) is 7.82. The number of carbonyl (C=O) groups excluding carboxylic acids is 2. The van der Waals surface area contributed by atoms with Gasteiger partial charge in [-0.25, -0.2) is 5.01 Å². The molecule has 1 aliphatic heterocycles. The first-order valence-electron chi connectivity index (χ1n) is 7.22. The van der Waals surface area contributed by atoms with Gasteiger partial charge in [-0.05, 0) is 19.8 Å². The van der Waals surface area contributed by atoms with Crippen LogP contribution in [0.5, 0.6) is 0 Å². The molecule has 21 heavy (non-hydrogen) atoms. The molecule has 0 spiro atoms. The van der Waals surface area contributed by atoms with Crippen molar-refractivity contribution < 1.29 is 9.59 Å². The van der Waals surface area contributed by atoms with Crippen LogP contribution in [0.1, 0.15) is 33.6 Å². The highest BCUT2D eigenvalue weighted by Crippen LogP contribution is 2.31. The number of carbonyl (C=O) groups is 2. The predicted octanol–water partition coefficient (Wildman–Crippen LogP) is 1.47. The van der Waals surface area contributed by atoms with Gasteiger partial charge in [-0.1, -0.05) is 25.6 Å². The topological polar surface area (TPSA) is 76.4 Å². The zero-order valence-corrected chi connectivity index (χ0v) is 13.6. The number of hydrogen-bond donors (Lipinski definition) is 1. The minimum Gasteiger partial charge on any atom is -0.305 e. The van der Waals surface area contributed by atoms with Crippen molar-refractivity contribution in [3.05, 3.63) is 10.6 Å². The Morgan fingerprint density at radius 3 is 2.48 bits per heavy atom. The molecule has 1 saturated heterocycles. The van der Waals surface area contributed by atoms with Crippen LogP contribution >= 0.6 is 11.8 Å². The van der Waals surface area contributed by atoms with Gasteiger partial charge >= 0.3 is 0 Å². The fraction of sp³-hybridized carbons (Fsp3) is 0.643. The van der Waals surface area contributed by atoms with Gasteiger partial charge < -0.3 is 4.90 Å². The highest BCUT2D eigenvalue weighted by Gasteiger charge is 2.31. The number of hydrogen-bond acceptors (Lipinski definition) is 5. The van der Waals surface area contributed by atoms with Crippen molar-refractivity contribution in [2.24, 2.45) is 0 Å². The molecule has 7 heteroatoms. The quantitative estimate of drug-likeness (QED) is 0.438. The van der Waals surface area contributed by atoms with Gasteiger partial charge in [0.15, 0.2) is 0 Å². The monoisotopic (exact) mass is 310 g/mol. The highest BCUT2D eigenvalue weighted by molar-refractivity contribution is 8.04. The van der Waals surface area contributed by atoms with Crippen LogP contribution in [-0.2, 0) is 9.59 Å². The first kappa shape index (κ1) is 17.5. The lowest BCUT2D eigenvalue weighted by atomic mass is 10.3. The molecule has 0 aromatic rings. The Morgan fingerprint density at radius 2 is 2.00 bits per heavy atom. The van der Waals surface area contributed by atoms with Crippen molar-refractivity contribution in [1.82, 2.24) is 15.3 Å². The number of rotatable bonds is 7. The van der Waals surface area contributed by atoms with Crippen LogP contribution in [0.15, 0.2) is 10.6 Å². The largest absolute Gasteiger partial charge is 0.305 e. The summed E-state index contributed by atoms with van der Waals surface area (Å²) >= 11 is 1.25. The zero-order chi connectivity index (χ0) is 15.8. The maximum atomic E-state index is 12.3. The Labute approximate surface area is 130 Å². The SMILES string of the molecule is CCCN(CCC)NC(=O)/C(C#N)=C1\SCC(=O)N1CC. The second-order valence-electron chi connectivity index (χ2n) is 4.65. The van der Waals surface area contributed by atoms with E-state index in [-0.39, 0.29) is 17.2 Å². The van der Waals surface area contributed by atoms with Crippen molar-refractivity contribution >= 4 is 23.6 Å². The summed E-state index contributed by atoms with van der Waals surface area (Å²) < 4.78 is 0. The summed E-state index contributed by atoms with van der Waals surface area (Å²) in [5, 5.41) is 11.6. The molecular weight excluding hydrogens is 288 g/mol. The predicted molar refractivity (Wildman–Crippen MR) is 82.8 cm³/mol. The van der Waals surface area contributed by atoms with E-state index in [1.165, 1.54) is 16.7 Å². The maximum Gasteiger partial charge on any atom is 0.278 e. The second kappa shape index (κ2) is 8.70. The Bertz CT molecular complexity index is 464. The van der Waals surface area contributed by atoms with Gasteiger partial charge in [-0.2, -0.15) is 5.26 Å². The molecule has 0 aliphatic carbocycles. The third kappa shape index (κ3) is 4.48. The molecule has 0 aromatic heterocycles. The molecule has 0 saturated carbocycles. The van der Waals surface area contributed by atoms with Crippen LogP contribution < -0.4 is 5.43 Å². The van der Waals surface area contributed by atoms with Gasteiger partial charge in [0.25, 0.3) is 5.91 Å². The summed E-state index contributed by atoms with van der Waals surface area (Å²) in [7, 11) is 0. The summed E-state index contributed by atoms with van der Waals surface area (Å²) in [5.74, 6) is -0.206.